The van der Waals surface area contributed by atoms with E-state index in [0.717, 1.165) is 26.1 Å². The van der Waals surface area contributed by atoms with Crippen LogP contribution in [0.3, 0.4) is 0 Å². The molecule has 1 N–H and O–H groups in total. The van der Waals surface area contributed by atoms with Crippen LogP contribution in [0.25, 0.3) is 0 Å². The Kier molecular flexibility index (Phi) is 4.26. The molecule has 94 valence electrons. The number of hydrogen-bond acceptors (Lipinski definition) is 3. The fourth-order valence-electron chi connectivity index (χ4n) is 2.16. The molecule has 1 aromatic rings. The lowest BCUT2D eigenvalue weighted by atomic mass is 10.1. The van der Waals surface area contributed by atoms with Gasteiger partial charge in [0.1, 0.15) is 0 Å². The average Bonchev–Trinajstić information content (AvgIpc) is 2.58. The van der Waals surface area contributed by atoms with Gasteiger partial charge in [-0.2, -0.15) is 0 Å². The summed E-state index contributed by atoms with van der Waals surface area (Å²) in [4.78, 5) is 2.13. The highest BCUT2D eigenvalue weighted by Gasteiger charge is 2.12. The lowest BCUT2D eigenvalue weighted by Crippen LogP contribution is -2.19. The van der Waals surface area contributed by atoms with Crippen molar-refractivity contribution >= 4 is 11.4 Å². The second kappa shape index (κ2) is 5.92. The molecule has 1 fully saturated rings. The van der Waals surface area contributed by atoms with E-state index in [1.165, 1.54) is 17.8 Å². The van der Waals surface area contributed by atoms with Crippen LogP contribution in [0.5, 0.6) is 0 Å². The van der Waals surface area contributed by atoms with Crippen LogP contribution in [0.1, 0.15) is 19.3 Å². The minimum Gasteiger partial charge on any atom is -0.382 e. The molecule has 0 bridgehead atoms. The molecule has 2 rings (SSSR count). The summed E-state index contributed by atoms with van der Waals surface area (Å²) in [6.07, 6.45) is 3.46. The SMILES string of the molecule is CN(C)c1cccc(NC2CCCOCC2)c1. The summed E-state index contributed by atoms with van der Waals surface area (Å²) in [5.41, 5.74) is 2.45. The van der Waals surface area contributed by atoms with Crippen molar-refractivity contribution in [2.45, 2.75) is 25.3 Å². The summed E-state index contributed by atoms with van der Waals surface area (Å²) in [7, 11) is 4.14. The topological polar surface area (TPSA) is 24.5 Å². The number of nitrogens with one attached hydrogen (secondary N) is 1. The molecule has 1 aromatic carbocycles. The summed E-state index contributed by atoms with van der Waals surface area (Å²) in [6.45, 7) is 1.79. The molecule has 0 radical (unpaired) electrons. The Morgan fingerprint density at radius 1 is 1.24 bits per heavy atom. The monoisotopic (exact) mass is 234 g/mol. The van der Waals surface area contributed by atoms with E-state index in [0.29, 0.717) is 6.04 Å². The predicted molar refractivity (Wildman–Crippen MR) is 72.8 cm³/mol. The van der Waals surface area contributed by atoms with Gasteiger partial charge in [-0.05, 0) is 37.5 Å². The summed E-state index contributed by atoms with van der Waals surface area (Å²) in [6, 6.07) is 9.12. The van der Waals surface area contributed by atoms with Crippen LogP contribution in [0.4, 0.5) is 11.4 Å². The van der Waals surface area contributed by atoms with Crippen molar-refractivity contribution in [3.63, 3.8) is 0 Å². The molecule has 1 aliphatic rings. The van der Waals surface area contributed by atoms with Crippen LogP contribution in [0.2, 0.25) is 0 Å². The van der Waals surface area contributed by atoms with Crippen molar-refractivity contribution in [1.82, 2.24) is 0 Å². The molecule has 0 spiro atoms. The molecule has 1 atom stereocenters. The number of anilines is 2. The van der Waals surface area contributed by atoms with Gasteiger partial charge < -0.3 is 15.0 Å². The molecule has 1 aliphatic heterocycles. The first kappa shape index (κ1) is 12.2. The standard InChI is InChI=1S/C14H22N2O/c1-16(2)14-7-3-5-13(11-14)15-12-6-4-9-17-10-8-12/h3,5,7,11-12,15H,4,6,8-10H2,1-2H3. The van der Waals surface area contributed by atoms with Crippen LogP contribution in [0.15, 0.2) is 24.3 Å². The maximum absolute atomic E-state index is 5.48. The van der Waals surface area contributed by atoms with Gasteiger partial charge in [-0.25, -0.2) is 0 Å². The molecular formula is C14H22N2O. The summed E-state index contributed by atoms with van der Waals surface area (Å²) >= 11 is 0. The molecular weight excluding hydrogens is 212 g/mol. The van der Waals surface area contributed by atoms with Crippen LogP contribution >= 0.6 is 0 Å². The highest BCUT2D eigenvalue weighted by atomic mass is 16.5. The number of rotatable bonds is 3. The highest BCUT2D eigenvalue weighted by molar-refractivity contribution is 5.57. The van der Waals surface area contributed by atoms with Crippen molar-refractivity contribution in [1.29, 1.82) is 0 Å². The Morgan fingerprint density at radius 3 is 2.94 bits per heavy atom. The lowest BCUT2D eigenvalue weighted by molar-refractivity contribution is 0.144. The molecule has 1 saturated heterocycles. The van der Waals surface area contributed by atoms with Gasteiger partial charge in [0, 0.05) is 44.7 Å². The van der Waals surface area contributed by atoms with Gasteiger partial charge in [0.2, 0.25) is 0 Å². The van der Waals surface area contributed by atoms with Crippen molar-refractivity contribution in [3.8, 4) is 0 Å². The zero-order valence-corrected chi connectivity index (χ0v) is 10.8. The molecule has 17 heavy (non-hydrogen) atoms. The predicted octanol–water partition coefficient (Wildman–Crippen LogP) is 2.73. The Balaban J connectivity index is 1.99. The zero-order valence-electron chi connectivity index (χ0n) is 10.8. The molecule has 3 heteroatoms. The van der Waals surface area contributed by atoms with Crippen molar-refractivity contribution in [2.75, 3.05) is 37.5 Å². The van der Waals surface area contributed by atoms with Gasteiger partial charge in [-0.3, -0.25) is 0 Å². The Morgan fingerprint density at radius 2 is 2.12 bits per heavy atom. The molecule has 3 nitrogen and oxygen atoms in total. The van der Waals surface area contributed by atoms with Gasteiger partial charge in [-0.15, -0.1) is 0 Å². The van der Waals surface area contributed by atoms with Crippen LogP contribution in [0, 0.1) is 0 Å². The first-order valence-electron chi connectivity index (χ1n) is 6.37. The van der Waals surface area contributed by atoms with E-state index in [2.05, 4.69) is 48.6 Å². The minimum absolute atomic E-state index is 0.551. The fraction of sp³-hybridized carbons (Fsp3) is 0.571. The van der Waals surface area contributed by atoms with Gasteiger partial charge >= 0.3 is 0 Å². The van der Waals surface area contributed by atoms with Crippen molar-refractivity contribution in [3.05, 3.63) is 24.3 Å². The minimum atomic E-state index is 0.551. The number of benzene rings is 1. The molecule has 0 aromatic heterocycles. The molecule has 0 amide bonds. The summed E-state index contributed by atoms with van der Waals surface area (Å²) in [5.74, 6) is 0. The van der Waals surface area contributed by atoms with Gasteiger partial charge in [0.05, 0.1) is 0 Å². The zero-order chi connectivity index (χ0) is 12.1. The fourth-order valence-corrected chi connectivity index (χ4v) is 2.16. The molecule has 1 unspecified atom stereocenters. The van der Waals surface area contributed by atoms with E-state index in [1.807, 2.05) is 0 Å². The van der Waals surface area contributed by atoms with Crippen LogP contribution in [-0.4, -0.2) is 33.4 Å². The first-order valence-corrected chi connectivity index (χ1v) is 6.37. The normalized spacial score (nSPS) is 20.7. The third kappa shape index (κ3) is 3.63. The van der Waals surface area contributed by atoms with Gasteiger partial charge in [0.25, 0.3) is 0 Å². The molecule has 1 heterocycles. The molecule has 0 aliphatic carbocycles. The average molecular weight is 234 g/mol. The number of hydrogen-bond donors (Lipinski definition) is 1. The Labute approximate surface area is 104 Å². The van der Waals surface area contributed by atoms with Crippen molar-refractivity contribution in [2.24, 2.45) is 0 Å². The van der Waals surface area contributed by atoms with E-state index in [1.54, 1.807) is 0 Å². The van der Waals surface area contributed by atoms with E-state index < -0.39 is 0 Å². The van der Waals surface area contributed by atoms with Gasteiger partial charge in [-0.1, -0.05) is 6.07 Å². The number of nitrogens with zero attached hydrogens (tertiary/aromatic N) is 1. The molecule has 0 saturated carbocycles. The van der Waals surface area contributed by atoms with Gasteiger partial charge in [0.15, 0.2) is 0 Å². The summed E-state index contributed by atoms with van der Waals surface area (Å²) in [5, 5.41) is 3.61. The van der Waals surface area contributed by atoms with Crippen LogP contribution in [-0.2, 0) is 4.74 Å². The largest absolute Gasteiger partial charge is 0.382 e. The highest BCUT2D eigenvalue weighted by Crippen LogP contribution is 2.20. The maximum Gasteiger partial charge on any atom is 0.0485 e. The Hall–Kier alpha value is -1.22. The van der Waals surface area contributed by atoms with E-state index in [4.69, 9.17) is 4.74 Å². The lowest BCUT2D eigenvalue weighted by Gasteiger charge is -2.19. The maximum atomic E-state index is 5.48. The van der Waals surface area contributed by atoms with Crippen LogP contribution < -0.4 is 10.2 Å². The summed E-state index contributed by atoms with van der Waals surface area (Å²) < 4.78 is 5.48. The second-order valence-corrected chi connectivity index (χ2v) is 4.83. The Bertz CT molecular complexity index is 344. The third-order valence-corrected chi connectivity index (χ3v) is 3.19. The third-order valence-electron chi connectivity index (χ3n) is 3.19. The quantitative estimate of drug-likeness (QED) is 0.870. The smallest absolute Gasteiger partial charge is 0.0485 e. The van der Waals surface area contributed by atoms with E-state index >= 15 is 0 Å². The second-order valence-electron chi connectivity index (χ2n) is 4.83. The van der Waals surface area contributed by atoms with Crippen molar-refractivity contribution < 1.29 is 4.74 Å². The number of ether oxygens (including phenoxy) is 1. The van der Waals surface area contributed by atoms with E-state index in [-0.39, 0.29) is 0 Å². The first-order chi connectivity index (χ1) is 8.25. The van der Waals surface area contributed by atoms with E-state index in [9.17, 15) is 0 Å².